The molecular formula is C22H33Cl4N5O2. The largest absolute Gasteiger partial charge is 0.390 e. The molecule has 7 nitrogen and oxygen atoms in total. The molecule has 3 rings (SSSR count). The number of benzene rings is 1. The number of hydrogen-bond acceptors (Lipinski definition) is 5. The molecule has 1 aromatic heterocycles. The van der Waals surface area contributed by atoms with E-state index in [2.05, 4.69) is 31.6 Å². The van der Waals surface area contributed by atoms with E-state index in [1.165, 1.54) is 0 Å². The van der Waals surface area contributed by atoms with Crippen LogP contribution < -0.4 is 10.2 Å². The van der Waals surface area contributed by atoms with Gasteiger partial charge in [0.15, 0.2) is 0 Å². The van der Waals surface area contributed by atoms with Crippen molar-refractivity contribution in [3.8, 4) is 0 Å². The highest BCUT2D eigenvalue weighted by Crippen LogP contribution is 2.32. The van der Waals surface area contributed by atoms with Gasteiger partial charge in [0.25, 0.3) is 5.91 Å². The number of piperazine rings is 1. The molecule has 0 aliphatic carbocycles. The van der Waals surface area contributed by atoms with E-state index in [0.717, 1.165) is 56.4 Å². The molecule has 33 heavy (non-hydrogen) atoms. The summed E-state index contributed by atoms with van der Waals surface area (Å²) in [6.45, 7) is 10.6. The first-order chi connectivity index (χ1) is 14.8. The number of aliphatic hydroxyl groups excluding tert-OH is 1. The summed E-state index contributed by atoms with van der Waals surface area (Å²) in [6.07, 6.45) is 0.332. The number of aliphatic hydroxyl groups is 1. The Morgan fingerprint density at radius 2 is 1.85 bits per heavy atom. The molecule has 0 bridgehead atoms. The standard InChI is InChI=1S/C22H31Cl2N5O2.2ClH/c1-4-8-29-15(2)21(26-16(29)3)22(31)25-13-17(30)14-27-9-11-28(12-10-27)19-7-5-6-18(23)20(19)24;;/h5-7,17,30H,4,8-14H2,1-3H3,(H,25,31);2*1H. The molecule has 186 valence electrons. The summed E-state index contributed by atoms with van der Waals surface area (Å²) in [4.78, 5) is 21.4. The molecule has 2 heterocycles. The monoisotopic (exact) mass is 539 g/mol. The van der Waals surface area contributed by atoms with E-state index in [1.807, 2.05) is 26.0 Å². The van der Waals surface area contributed by atoms with E-state index < -0.39 is 6.10 Å². The second-order valence-corrected chi connectivity index (χ2v) is 8.75. The quantitative estimate of drug-likeness (QED) is 0.530. The number of halogens is 4. The first-order valence-electron chi connectivity index (χ1n) is 10.7. The molecule has 11 heteroatoms. The smallest absolute Gasteiger partial charge is 0.271 e. The second kappa shape index (κ2) is 13.6. The van der Waals surface area contributed by atoms with Gasteiger partial charge in [0.05, 0.1) is 21.8 Å². The van der Waals surface area contributed by atoms with Crippen LogP contribution in [0.5, 0.6) is 0 Å². The van der Waals surface area contributed by atoms with E-state index in [4.69, 9.17) is 23.2 Å². The van der Waals surface area contributed by atoms with Crippen LogP contribution in [-0.2, 0) is 6.54 Å². The first kappa shape index (κ1) is 29.8. The molecule has 1 aromatic carbocycles. The van der Waals surface area contributed by atoms with Crippen LogP contribution >= 0.6 is 48.0 Å². The van der Waals surface area contributed by atoms with Crippen molar-refractivity contribution in [1.82, 2.24) is 19.8 Å². The summed E-state index contributed by atoms with van der Waals surface area (Å²) in [5.41, 5.74) is 2.24. The lowest BCUT2D eigenvalue weighted by atomic mass is 10.2. The number of imidazole rings is 1. The van der Waals surface area contributed by atoms with Gasteiger partial charge in [-0.05, 0) is 32.4 Å². The molecule has 1 saturated heterocycles. The maximum Gasteiger partial charge on any atom is 0.271 e. The third-order valence-electron chi connectivity index (χ3n) is 5.69. The van der Waals surface area contributed by atoms with Crippen molar-refractivity contribution < 1.29 is 9.90 Å². The van der Waals surface area contributed by atoms with Crippen molar-refractivity contribution in [2.24, 2.45) is 0 Å². The zero-order valence-electron chi connectivity index (χ0n) is 19.2. The van der Waals surface area contributed by atoms with Crippen molar-refractivity contribution in [3.63, 3.8) is 0 Å². The van der Waals surface area contributed by atoms with Crippen molar-refractivity contribution in [1.29, 1.82) is 0 Å². The predicted octanol–water partition coefficient (Wildman–Crippen LogP) is 3.97. The zero-order valence-corrected chi connectivity index (χ0v) is 22.3. The van der Waals surface area contributed by atoms with Crippen LogP contribution in [0.3, 0.4) is 0 Å². The van der Waals surface area contributed by atoms with Crippen molar-refractivity contribution >= 4 is 59.6 Å². The predicted molar refractivity (Wildman–Crippen MR) is 140 cm³/mol. The topological polar surface area (TPSA) is 73.6 Å². The summed E-state index contributed by atoms with van der Waals surface area (Å²) < 4.78 is 2.05. The minimum absolute atomic E-state index is 0. The third-order valence-corrected chi connectivity index (χ3v) is 6.49. The lowest BCUT2D eigenvalue weighted by molar-refractivity contribution is 0.0847. The van der Waals surface area contributed by atoms with Crippen LogP contribution in [0.25, 0.3) is 0 Å². The summed E-state index contributed by atoms with van der Waals surface area (Å²) in [7, 11) is 0. The molecule has 2 N–H and O–H groups in total. The number of carbonyl (C=O) groups is 1. The number of aryl methyl sites for hydroxylation is 1. The van der Waals surface area contributed by atoms with Gasteiger partial charge >= 0.3 is 0 Å². The van der Waals surface area contributed by atoms with Crippen LogP contribution in [-0.4, -0.2) is 70.8 Å². The molecule has 2 aromatic rings. The number of β-amino-alcohol motifs (C(OH)–C–C–N with tert-alkyl or cyclic N) is 1. The van der Waals surface area contributed by atoms with Gasteiger partial charge < -0.3 is 19.9 Å². The van der Waals surface area contributed by atoms with Gasteiger partial charge in [-0.3, -0.25) is 9.69 Å². The van der Waals surface area contributed by atoms with Crippen molar-refractivity contribution in [2.75, 3.05) is 44.2 Å². The van der Waals surface area contributed by atoms with Gasteiger partial charge in [-0.1, -0.05) is 36.2 Å². The Hall–Kier alpha value is -1.22. The maximum absolute atomic E-state index is 12.5. The number of nitrogens with zero attached hydrogens (tertiary/aromatic N) is 4. The zero-order chi connectivity index (χ0) is 22.5. The van der Waals surface area contributed by atoms with Crippen molar-refractivity contribution in [2.45, 2.75) is 39.8 Å². The molecule has 1 aliphatic rings. The Kier molecular flexibility index (Phi) is 12.3. The van der Waals surface area contributed by atoms with Gasteiger partial charge in [-0.2, -0.15) is 0 Å². The minimum atomic E-state index is -0.649. The average Bonchev–Trinajstić information content (AvgIpc) is 3.03. The number of hydrogen-bond donors (Lipinski definition) is 2. The van der Waals surface area contributed by atoms with E-state index in [9.17, 15) is 9.90 Å². The van der Waals surface area contributed by atoms with Gasteiger partial charge in [0.1, 0.15) is 11.5 Å². The van der Waals surface area contributed by atoms with Gasteiger partial charge in [0, 0.05) is 51.5 Å². The summed E-state index contributed by atoms with van der Waals surface area (Å²) in [5, 5.41) is 14.4. The number of nitrogens with one attached hydrogen (secondary N) is 1. The molecule has 1 atom stereocenters. The lowest BCUT2D eigenvalue weighted by Crippen LogP contribution is -2.50. The Morgan fingerprint density at radius 1 is 1.18 bits per heavy atom. The molecule has 0 spiro atoms. The molecule has 1 aliphatic heterocycles. The highest BCUT2D eigenvalue weighted by Gasteiger charge is 2.22. The average molecular weight is 541 g/mol. The van der Waals surface area contributed by atoms with Crippen LogP contribution in [0.1, 0.15) is 35.4 Å². The summed E-state index contributed by atoms with van der Waals surface area (Å²) >= 11 is 12.5. The number of amides is 1. The molecule has 1 amide bonds. The third kappa shape index (κ3) is 7.38. The number of carbonyl (C=O) groups excluding carboxylic acids is 1. The highest BCUT2D eigenvalue weighted by molar-refractivity contribution is 6.43. The van der Waals surface area contributed by atoms with Crippen LogP contribution in [0.15, 0.2) is 18.2 Å². The second-order valence-electron chi connectivity index (χ2n) is 7.97. The fourth-order valence-electron chi connectivity index (χ4n) is 4.01. The van der Waals surface area contributed by atoms with E-state index >= 15 is 0 Å². The fourth-order valence-corrected chi connectivity index (χ4v) is 4.42. The van der Waals surface area contributed by atoms with Gasteiger partial charge in [-0.25, -0.2) is 4.98 Å². The molecular weight excluding hydrogens is 508 g/mol. The van der Waals surface area contributed by atoms with E-state index in [1.54, 1.807) is 6.07 Å². The molecule has 1 fully saturated rings. The molecule has 0 radical (unpaired) electrons. The Bertz CT molecular complexity index is 916. The first-order valence-corrected chi connectivity index (χ1v) is 11.5. The number of aromatic nitrogens is 2. The summed E-state index contributed by atoms with van der Waals surface area (Å²) in [5.74, 6) is 0.595. The molecule has 1 unspecified atom stereocenters. The minimum Gasteiger partial charge on any atom is -0.390 e. The highest BCUT2D eigenvalue weighted by atomic mass is 35.5. The van der Waals surface area contributed by atoms with Crippen LogP contribution in [0, 0.1) is 13.8 Å². The normalized spacial score (nSPS) is 14.9. The maximum atomic E-state index is 12.5. The Balaban J connectivity index is 0.00000272. The van der Waals surface area contributed by atoms with Crippen molar-refractivity contribution in [3.05, 3.63) is 45.5 Å². The fraction of sp³-hybridized carbons (Fsp3) is 0.545. The van der Waals surface area contributed by atoms with Gasteiger partial charge in [0.2, 0.25) is 0 Å². The Labute approximate surface area is 218 Å². The van der Waals surface area contributed by atoms with E-state index in [0.29, 0.717) is 22.3 Å². The molecule has 0 saturated carbocycles. The summed E-state index contributed by atoms with van der Waals surface area (Å²) in [6, 6.07) is 5.65. The Morgan fingerprint density at radius 3 is 2.48 bits per heavy atom. The van der Waals surface area contributed by atoms with Crippen LogP contribution in [0.2, 0.25) is 10.0 Å². The SMILES string of the molecule is CCCn1c(C)nc(C(=O)NCC(O)CN2CCN(c3cccc(Cl)c3Cl)CC2)c1C.Cl.Cl. The van der Waals surface area contributed by atoms with E-state index in [-0.39, 0.29) is 37.3 Å². The number of anilines is 1. The number of rotatable bonds is 8. The van der Waals surface area contributed by atoms with Crippen LogP contribution in [0.4, 0.5) is 5.69 Å². The lowest BCUT2D eigenvalue weighted by Gasteiger charge is -2.37. The van der Waals surface area contributed by atoms with Gasteiger partial charge in [-0.15, -0.1) is 24.8 Å².